The maximum atomic E-state index is 11.0. The van der Waals surface area contributed by atoms with E-state index in [0.29, 0.717) is 0 Å². The number of rotatable bonds is 2. The Bertz CT molecular complexity index is 193. The van der Waals surface area contributed by atoms with Crippen molar-refractivity contribution in [2.45, 2.75) is 32.1 Å². The summed E-state index contributed by atoms with van der Waals surface area (Å²) in [5, 5.41) is -0.292. The minimum atomic E-state index is -0.292. The molecule has 0 aromatic rings. The van der Waals surface area contributed by atoms with E-state index in [1.54, 1.807) is 0 Å². The highest BCUT2D eigenvalue weighted by atomic mass is 35.5. The van der Waals surface area contributed by atoms with Crippen molar-refractivity contribution in [1.29, 1.82) is 0 Å². The summed E-state index contributed by atoms with van der Waals surface area (Å²) in [6, 6.07) is 0. The molecule has 0 bridgehead atoms. The average Bonchev–Trinajstić information content (AvgIpc) is 1.97. The number of hydrogen-bond acceptors (Lipinski definition) is 1. The quantitative estimate of drug-likeness (QED) is 0.564. The molecule has 56 valence electrons. The predicted octanol–water partition coefficient (Wildman–Crippen LogP) is 2.29. The number of ketones is 1. The highest BCUT2D eigenvalue weighted by Crippen LogP contribution is 2.33. The number of halogens is 1. The Morgan fingerprint density at radius 1 is 1.40 bits per heavy atom. The zero-order valence-corrected chi connectivity index (χ0v) is 7.03. The Morgan fingerprint density at radius 2 is 2.00 bits per heavy atom. The van der Waals surface area contributed by atoms with Crippen LogP contribution in [0, 0.1) is 0 Å². The van der Waals surface area contributed by atoms with Gasteiger partial charge >= 0.3 is 0 Å². The first-order valence-corrected chi connectivity index (χ1v) is 4.06. The maximum absolute atomic E-state index is 11.0. The van der Waals surface area contributed by atoms with Crippen molar-refractivity contribution in [3.63, 3.8) is 0 Å². The fraction of sp³-hybridized carbons (Fsp3) is 0.625. The summed E-state index contributed by atoms with van der Waals surface area (Å²) in [5.41, 5.74) is 2.11. The van der Waals surface area contributed by atoms with Gasteiger partial charge in [-0.2, -0.15) is 0 Å². The van der Waals surface area contributed by atoms with E-state index in [1.807, 2.05) is 13.8 Å². The van der Waals surface area contributed by atoms with Crippen LogP contribution in [0.15, 0.2) is 11.1 Å². The molecule has 2 heteroatoms. The van der Waals surface area contributed by atoms with Gasteiger partial charge in [0.1, 0.15) is 5.38 Å². The molecule has 1 rings (SSSR count). The summed E-state index contributed by atoms with van der Waals surface area (Å²) < 4.78 is 0. The monoisotopic (exact) mass is 158 g/mol. The van der Waals surface area contributed by atoms with Crippen LogP contribution < -0.4 is 0 Å². The lowest BCUT2D eigenvalue weighted by Crippen LogP contribution is -2.31. The molecule has 0 aromatic heterocycles. The van der Waals surface area contributed by atoms with Gasteiger partial charge in [0.25, 0.3) is 0 Å². The van der Waals surface area contributed by atoms with Gasteiger partial charge in [0, 0.05) is 0 Å². The number of alkyl halides is 1. The van der Waals surface area contributed by atoms with Crippen molar-refractivity contribution in [3.05, 3.63) is 11.1 Å². The van der Waals surface area contributed by atoms with Gasteiger partial charge in [-0.05, 0) is 24.0 Å². The van der Waals surface area contributed by atoms with Crippen LogP contribution in [0.4, 0.5) is 0 Å². The van der Waals surface area contributed by atoms with Crippen LogP contribution in [-0.4, -0.2) is 11.2 Å². The molecule has 0 radical (unpaired) electrons. The molecule has 1 aliphatic rings. The third kappa shape index (κ3) is 0.891. The predicted molar refractivity (Wildman–Crippen MR) is 42.3 cm³/mol. The molecule has 0 heterocycles. The number of allylic oxidation sites excluding steroid dienone is 2. The van der Waals surface area contributed by atoms with Crippen LogP contribution in [-0.2, 0) is 4.79 Å². The van der Waals surface area contributed by atoms with Gasteiger partial charge in [-0.15, -0.1) is 11.6 Å². The van der Waals surface area contributed by atoms with E-state index in [2.05, 4.69) is 0 Å². The van der Waals surface area contributed by atoms with Crippen molar-refractivity contribution >= 4 is 17.4 Å². The van der Waals surface area contributed by atoms with Crippen LogP contribution in [0.1, 0.15) is 26.7 Å². The van der Waals surface area contributed by atoms with Crippen molar-refractivity contribution in [3.8, 4) is 0 Å². The second kappa shape index (κ2) is 2.75. The summed E-state index contributed by atoms with van der Waals surface area (Å²) in [6.07, 6.45) is 1.76. The smallest absolute Gasteiger partial charge is 0.180 e. The summed E-state index contributed by atoms with van der Waals surface area (Å²) in [5.74, 6) is 0.140. The molecule has 0 aliphatic heterocycles. The van der Waals surface area contributed by atoms with Crippen LogP contribution in [0.5, 0.6) is 0 Å². The van der Waals surface area contributed by atoms with E-state index in [4.69, 9.17) is 11.6 Å². The Hall–Kier alpha value is -0.300. The number of carbonyl (C=O) groups excluding carboxylic acids is 1. The van der Waals surface area contributed by atoms with Gasteiger partial charge in [-0.3, -0.25) is 4.79 Å². The molecule has 0 fully saturated rings. The minimum absolute atomic E-state index is 0.140. The molecule has 10 heavy (non-hydrogen) atoms. The fourth-order valence-electron chi connectivity index (χ4n) is 1.34. The molecular weight excluding hydrogens is 148 g/mol. The number of hydrogen-bond donors (Lipinski definition) is 0. The minimum Gasteiger partial charge on any atom is -0.292 e. The Labute approximate surface area is 66.1 Å². The van der Waals surface area contributed by atoms with E-state index in [9.17, 15) is 4.79 Å². The summed E-state index contributed by atoms with van der Waals surface area (Å²) in [6.45, 7) is 4.03. The Kier molecular flexibility index (Phi) is 2.14. The zero-order chi connectivity index (χ0) is 7.72. The second-order valence-electron chi connectivity index (χ2n) is 2.44. The standard InChI is InChI=1S/C8H11ClO/c1-3-5-6(4-2)8(10)7(5)9/h7H,3-4H2,1-2H3. The molecule has 0 spiro atoms. The first-order valence-electron chi connectivity index (χ1n) is 3.62. The highest BCUT2D eigenvalue weighted by Gasteiger charge is 2.34. The summed E-state index contributed by atoms with van der Waals surface area (Å²) in [4.78, 5) is 11.0. The maximum Gasteiger partial charge on any atom is 0.180 e. The van der Waals surface area contributed by atoms with Gasteiger partial charge in [-0.1, -0.05) is 13.8 Å². The van der Waals surface area contributed by atoms with Crippen LogP contribution in [0.25, 0.3) is 0 Å². The molecular formula is C8H11ClO. The van der Waals surface area contributed by atoms with E-state index in [0.717, 1.165) is 24.0 Å². The normalized spacial score (nSPS) is 25.1. The second-order valence-corrected chi connectivity index (χ2v) is 2.87. The highest BCUT2D eigenvalue weighted by molar-refractivity contribution is 6.39. The molecule has 0 saturated carbocycles. The Balaban J connectivity index is 2.83. The van der Waals surface area contributed by atoms with Crippen molar-refractivity contribution in [1.82, 2.24) is 0 Å². The van der Waals surface area contributed by atoms with E-state index in [-0.39, 0.29) is 11.2 Å². The molecule has 1 atom stereocenters. The average molecular weight is 159 g/mol. The first-order chi connectivity index (χ1) is 4.72. The zero-order valence-electron chi connectivity index (χ0n) is 6.28. The molecule has 1 unspecified atom stereocenters. The van der Waals surface area contributed by atoms with E-state index in [1.165, 1.54) is 0 Å². The molecule has 0 saturated heterocycles. The van der Waals surface area contributed by atoms with Crippen molar-refractivity contribution in [2.75, 3.05) is 0 Å². The molecule has 1 nitrogen and oxygen atoms in total. The lowest BCUT2D eigenvalue weighted by molar-refractivity contribution is -0.116. The van der Waals surface area contributed by atoms with Crippen molar-refractivity contribution < 1.29 is 4.79 Å². The molecule has 0 aromatic carbocycles. The largest absolute Gasteiger partial charge is 0.292 e. The molecule has 0 N–H and O–H groups in total. The third-order valence-corrected chi connectivity index (χ3v) is 2.42. The summed E-state index contributed by atoms with van der Waals surface area (Å²) in [7, 11) is 0. The lowest BCUT2D eigenvalue weighted by Gasteiger charge is -2.25. The van der Waals surface area contributed by atoms with Gasteiger partial charge in [0.15, 0.2) is 5.78 Å². The fourth-order valence-corrected chi connectivity index (χ4v) is 1.76. The first kappa shape index (κ1) is 7.80. The third-order valence-electron chi connectivity index (χ3n) is 1.96. The van der Waals surface area contributed by atoms with Crippen LogP contribution in [0.3, 0.4) is 0 Å². The number of Topliss-reactive ketones (excluding diaryl/α,β-unsaturated/α-hetero) is 1. The van der Waals surface area contributed by atoms with E-state index < -0.39 is 0 Å². The lowest BCUT2D eigenvalue weighted by atomic mass is 9.83. The van der Waals surface area contributed by atoms with Gasteiger partial charge in [0.05, 0.1) is 0 Å². The molecule has 0 amide bonds. The topological polar surface area (TPSA) is 17.1 Å². The van der Waals surface area contributed by atoms with Crippen molar-refractivity contribution in [2.24, 2.45) is 0 Å². The Morgan fingerprint density at radius 3 is 2.30 bits per heavy atom. The van der Waals surface area contributed by atoms with Gasteiger partial charge in [0.2, 0.25) is 0 Å². The number of carbonyl (C=O) groups is 1. The molecule has 1 aliphatic carbocycles. The summed E-state index contributed by atoms with van der Waals surface area (Å²) >= 11 is 5.73. The van der Waals surface area contributed by atoms with Crippen LogP contribution in [0.2, 0.25) is 0 Å². The van der Waals surface area contributed by atoms with Gasteiger partial charge in [-0.25, -0.2) is 0 Å². The van der Waals surface area contributed by atoms with Gasteiger partial charge < -0.3 is 0 Å². The van der Waals surface area contributed by atoms with E-state index >= 15 is 0 Å². The van der Waals surface area contributed by atoms with Crippen LogP contribution >= 0.6 is 11.6 Å². The SMILES string of the molecule is CCC1=C(CC)C(Cl)C1=O.